The van der Waals surface area contributed by atoms with Crippen LogP contribution in [0.25, 0.3) is 0 Å². The Morgan fingerprint density at radius 3 is 2.73 bits per heavy atom. The third kappa shape index (κ3) is 3.49. The zero-order valence-electron chi connectivity index (χ0n) is 10.1. The highest BCUT2D eigenvalue weighted by molar-refractivity contribution is 5.76. The second kappa shape index (κ2) is 5.50. The fourth-order valence-corrected chi connectivity index (χ4v) is 2.30. The van der Waals surface area contributed by atoms with E-state index in [2.05, 4.69) is 19.2 Å². The molecular weight excluding hydrogens is 188 g/mol. The molecule has 0 aromatic rings. The molecule has 0 aromatic carbocycles. The lowest BCUT2D eigenvalue weighted by atomic mass is 9.78. The minimum absolute atomic E-state index is 0.0607. The van der Waals surface area contributed by atoms with Gasteiger partial charge in [-0.25, -0.2) is 0 Å². The second-order valence-electron chi connectivity index (χ2n) is 5.09. The topological polar surface area (TPSA) is 55.1 Å². The molecule has 3 N–H and O–H groups in total. The van der Waals surface area contributed by atoms with Crippen LogP contribution in [0.1, 0.15) is 40.0 Å². The summed E-state index contributed by atoms with van der Waals surface area (Å²) in [6, 6.07) is 0.565. The van der Waals surface area contributed by atoms with Crippen molar-refractivity contribution < 1.29 is 4.79 Å². The maximum Gasteiger partial charge on any atom is 0.221 e. The summed E-state index contributed by atoms with van der Waals surface area (Å²) in [6.45, 7) is 7.22. The van der Waals surface area contributed by atoms with E-state index in [1.54, 1.807) is 0 Å². The number of carbonyl (C=O) groups is 1. The summed E-state index contributed by atoms with van der Waals surface area (Å²) in [6.07, 6.45) is 3.87. The van der Waals surface area contributed by atoms with E-state index < -0.39 is 0 Å². The Labute approximate surface area is 92.8 Å². The van der Waals surface area contributed by atoms with Crippen molar-refractivity contribution in [3.8, 4) is 0 Å². The first kappa shape index (κ1) is 12.5. The van der Waals surface area contributed by atoms with E-state index in [1.165, 1.54) is 19.3 Å². The molecular formula is C12H24N2O. The van der Waals surface area contributed by atoms with E-state index in [-0.39, 0.29) is 11.8 Å². The standard InChI is InChI=1S/C12H24N2O/c1-8-5-4-6-11(10(8)3)14-7-9(2)12(13)15/h8-11,14H,4-7H2,1-3H3,(H2,13,15). The fourth-order valence-electron chi connectivity index (χ4n) is 2.30. The fraction of sp³-hybridized carbons (Fsp3) is 0.917. The second-order valence-corrected chi connectivity index (χ2v) is 5.09. The summed E-state index contributed by atoms with van der Waals surface area (Å²) in [5.74, 6) is 1.23. The summed E-state index contributed by atoms with van der Waals surface area (Å²) < 4.78 is 0. The Bertz CT molecular complexity index is 218. The highest BCUT2D eigenvalue weighted by Crippen LogP contribution is 2.29. The van der Waals surface area contributed by atoms with Crippen LogP contribution in [0.5, 0.6) is 0 Å². The molecule has 0 radical (unpaired) electrons. The number of primary amides is 1. The predicted octanol–water partition coefficient (Wildman–Crippen LogP) is 1.52. The minimum Gasteiger partial charge on any atom is -0.369 e. The molecule has 3 heteroatoms. The van der Waals surface area contributed by atoms with Gasteiger partial charge in [-0.1, -0.05) is 33.6 Å². The van der Waals surface area contributed by atoms with Crippen LogP contribution in [-0.2, 0) is 4.79 Å². The maximum atomic E-state index is 10.9. The van der Waals surface area contributed by atoms with Gasteiger partial charge in [0.25, 0.3) is 0 Å². The Morgan fingerprint density at radius 2 is 2.13 bits per heavy atom. The summed E-state index contributed by atoms with van der Waals surface area (Å²) >= 11 is 0. The van der Waals surface area contributed by atoms with Crippen LogP contribution in [0, 0.1) is 17.8 Å². The number of hydrogen-bond acceptors (Lipinski definition) is 2. The van der Waals surface area contributed by atoms with Gasteiger partial charge in [0.2, 0.25) is 5.91 Å². The molecule has 1 aliphatic carbocycles. The molecule has 1 aliphatic rings. The van der Waals surface area contributed by atoms with E-state index >= 15 is 0 Å². The number of nitrogens with one attached hydrogen (secondary N) is 1. The van der Waals surface area contributed by atoms with Gasteiger partial charge < -0.3 is 11.1 Å². The Kier molecular flexibility index (Phi) is 4.58. The quantitative estimate of drug-likeness (QED) is 0.742. The third-order valence-electron chi connectivity index (χ3n) is 3.88. The lowest BCUT2D eigenvalue weighted by molar-refractivity contribution is -0.121. The van der Waals surface area contributed by atoms with Crippen molar-refractivity contribution in [2.24, 2.45) is 23.5 Å². The number of nitrogens with two attached hydrogens (primary N) is 1. The van der Waals surface area contributed by atoms with E-state index in [4.69, 9.17) is 5.73 Å². The van der Waals surface area contributed by atoms with Gasteiger partial charge in [-0.15, -0.1) is 0 Å². The van der Waals surface area contributed by atoms with Gasteiger partial charge in [0.1, 0.15) is 0 Å². The molecule has 3 nitrogen and oxygen atoms in total. The maximum absolute atomic E-state index is 10.9. The van der Waals surface area contributed by atoms with Crippen molar-refractivity contribution in [3.05, 3.63) is 0 Å². The van der Waals surface area contributed by atoms with Crippen molar-refractivity contribution >= 4 is 5.91 Å². The zero-order valence-corrected chi connectivity index (χ0v) is 10.1. The first-order chi connectivity index (χ1) is 7.02. The summed E-state index contributed by atoms with van der Waals surface area (Å²) in [5, 5.41) is 3.48. The number of amides is 1. The van der Waals surface area contributed by atoms with Crippen LogP contribution in [0.3, 0.4) is 0 Å². The molecule has 0 aliphatic heterocycles. The SMILES string of the molecule is CC(CNC1CCCC(C)C1C)C(N)=O. The van der Waals surface area contributed by atoms with Crippen LogP contribution in [0.2, 0.25) is 0 Å². The van der Waals surface area contributed by atoms with Crippen LogP contribution in [-0.4, -0.2) is 18.5 Å². The van der Waals surface area contributed by atoms with Gasteiger partial charge in [0.05, 0.1) is 0 Å². The molecule has 1 fully saturated rings. The van der Waals surface area contributed by atoms with Gasteiger partial charge >= 0.3 is 0 Å². The Morgan fingerprint density at radius 1 is 1.47 bits per heavy atom. The van der Waals surface area contributed by atoms with Crippen LogP contribution >= 0.6 is 0 Å². The first-order valence-electron chi connectivity index (χ1n) is 6.05. The number of hydrogen-bond donors (Lipinski definition) is 2. The van der Waals surface area contributed by atoms with Gasteiger partial charge in [0.15, 0.2) is 0 Å². The largest absolute Gasteiger partial charge is 0.369 e. The highest BCUT2D eigenvalue weighted by atomic mass is 16.1. The molecule has 0 spiro atoms. The summed E-state index contributed by atoms with van der Waals surface area (Å²) in [4.78, 5) is 10.9. The van der Waals surface area contributed by atoms with Gasteiger partial charge in [-0.2, -0.15) is 0 Å². The predicted molar refractivity (Wildman–Crippen MR) is 62.3 cm³/mol. The number of rotatable bonds is 4. The van der Waals surface area contributed by atoms with Crippen molar-refractivity contribution in [2.75, 3.05) is 6.54 Å². The van der Waals surface area contributed by atoms with Crippen molar-refractivity contribution in [3.63, 3.8) is 0 Å². The highest BCUT2D eigenvalue weighted by Gasteiger charge is 2.27. The van der Waals surface area contributed by atoms with Crippen LogP contribution in [0.4, 0.5) is 0 Å². The average molecular weight is 212 g/mol. The average Bonchev–Trinajstić information content (AvgIpc) is 2.19. The van der Waals surface area contributed by atoms with Crippen molar-refractivity contribution in [2.45, 2.75) is 46.1 Å². The van der Waals surface area contributed by atoms with Crippen molar-refractivity contribution in [1.29, 1.82) is 0 Å². The normalized spacial score (nSPS) is 33.7. The van der Waals surface area contributed by atoms with Gasteiger partial charge in [-0.05, 0) is 18.3 Å². The molecule has 1 rings (SSSR count). The van der Waals surface area contributed by atoms with E-state index in [9.17, 15) is 4.79 Å². The van der Waals surface area contributed by atoms with E-state index in [0.717, 1.165) is 12.5 Å². The van der Waals surface area contributed by atoms with Crippen LogP contribution < -0.4 is 11.1 Å². The molecule has 4 unspecified atom stereocenters. The van der Waals surface area contributed by atoms with Gasteiger partial charge in [-0.3, -0.25) is 4.79 Å². The lowest BCUT2D eigenvalue weighted by Gasteiger charge is -2.35. The summed E-state index contributed by atoms with van der Waals surface area (Å²) in [5.41, 5.74) is 5.23. The van der Waals surface area contributed by atoms with E-state index in [1.807, 2.05) is 6.92 Å². The molecule has 1 saturated carbocycles. The zero-order chi connectivity index (χ0) is 11.4. The summed E-state index contributed by atoms with van der Waals surface area (Å²) in [7, 11) is 0. The van der Waals surface area contributed by atoms with Crippen LogP contribution in [0.15, 0.2) is 0 Å². The molecule has 88 valence electrons. The van der Waals surface area contributed by atoms with E-state index in [0.29, 0.717) is 12.0 Å². The lowest BCUT2D eigenvalue weighted by Crippen LogP contribution is -2.44. The molecule has 0 bridgehead atoms. The molecule has 15 heavy (non-hydrogen) atoms. The molecule has 4 atom stereocenters. The molecule has 1 amide bonds. The van der Waals surface area contributed by atoms with Gasteiger partial charge in [0, 0.05) is 18.5 Å². The Hall–Kier alpha value is -0.570. The molecule has 0 saturated heterocycles. The first-order valence-corrected chi connectivity index (χ1v) is 6.05. The van der Waals surface area contributed by atoms with Crippen molar-refractivity contribution in [1.82, 2.24) is 5.32 Å². The Balaban J connectivity index is 2.34. The number of carbonyl (C=O) groups excluding carboxylic acids is 1. The monoisotopic (exact) mass is 212 g/mol. The molecule has 0 heterocycles. The molecule has 0 aromatic heterocycles. The minimum atomic E-state index is -0.209. The smallest absolute Gasteiger partial charge is 0.221 e. The third-order valence-corrected chi connectivity index (χ3v) is 3.88.